The monoisotopic (exact) mass is 474 g/mol. The lowest BCUT2D eigenvalue weighted by Crippen LogP contribution is -2.14. The molecule has 0 spiro atoms. The summed E-state index contributed by atoms with van der Waals surface area (Å²) in [6.07, 6.45) is 13.8. The SMILES string of the molecule is CCCCCCC(=O)Nc1cc(COC(=O)CCCCCC)cc(NC(=O)CCCCCC)c1. The van der Waals surface area contributed by atoms with Gasteiger partial charge in [0.15, 0.2) is 0 Å². The van der Waals surface area contributed by atoms with Gasteiger partial charge in [-0.1, -0.05) is 78.6 Å². The van der Waals surface area contributed by atoms with Crippen molar-refractivity contribution in [2.75, 3.05) is 10.6 Å². The first-order valence-corrected chi connectivity index (χ1v) is 13.4. The highest BCUT2D eigenvalue weighted by Gasteiger charge is 2.10. The third-order valence-corrected chi connectivity index (χ3v) is 5.71. The normalized spacial score (nSPS) is 10.7. The molecule has 6 heteroatoms. The zero-order chi connectivity index (χ0) is 25.0. The number of benzene rings is 1. The van der Waals surface area contributed by atoms with Gasteiger partial charge in [-0.25, -0.2) is 0 Å². The Morgan fingerprint density at radius 3 is 1.50 bits per heavy atom. The third kappa shape index (κ3) is 14.7. The fourth-order valence-electron chi connectivity index (χ4n) is 3.72. The van der Waals surface area contributed by atoms with Crippen molar-refractivity contribution in [1.29, 1.82) is 0 Å². The Morgan fingerprint density at radius 1 is 0.618 bits per heavy atom. The van der Waals surface area contributed by atoms with Gasteiger partial charge in [0.25, 0.3) is 0 Å². The first kappa shape index (κ1) is 29.7. The molecular weight excluding hydrogens is 428 g/mol. The predicted octanol–water partition coefficient (Wildman–Crippen LogP) is 7.52. The van der Waals surface area contributed by atoms with Gasteiger partial charge in [0.1, 0.15) is 6.61 Å². The largest absolute Gasteiger partial charge is 0.461 e. The summed E-state index contributed by atoms with van der Waals surface area (Å²) in [6.45, 7) is 6.54. The summed E-state index contributed by atoms with van der Waals surface area (Å²) in [7, 11) is 0. The molecular formula is C28H46N2O4. The van der Waals surface area contributed by atoms with E-state index in [2.05, 4.69) is 31.4 Å². The van der Waals surface area contributed by atoms with E-state index in [0.717, 1.165) is 82.6 Å². The molecule has 0 saturated heterocycles. The molecule has 1 rings (SSSR count). The van der Waals surface area contributed by atoms with Gasteiger partial charge in [-0.2, -0.15) is 0 Å². The number of nitrogens with one attached hydrogen (secondary N) is 2. The van der Waals surface area contributed by atoms with Gasteiger partial charge in [0.2, 0.25) is 11.8 Å². The average molecular weight is 475 g/mol. The summed E-state index contributed by atoms with van der Waals surface area (Å²) in [4.78, 5) is 36.8. The van der Waals surface area contributed by atoms with Gasteiger partial charge in [-0.15, -0.1) is 0 Å². The first-order valence-electron chi connectivity index (χ1n) is 13.4. The van der Waals surface area contributed by atoms with Gasteiger partial charge in [0.05, 0.1) is 0 Å². The van der Waals surface area contributed by atoms with E-state index >= 15 is 0 Å². The molecule has 0 aliphatic rings. The van der Waals surface area contributed by atoms with Gasteiger partial charge < -0.3 is 15.4 Å². The van der Waals surface area contributed by atoms with Crippen LogP contribution in [0.3, 0.4) is 0 Å². The van der Waals surface area contributed by atoms with Crippen molar-refractivity contribution in [2.45, 2.75) is 124 Å². The fraction of sp³-hybridized carbons (Fsp3) is 0.679. The van der Waals surface area contributed by atoms with Crippen LogP contribution in [0.25, 0.3) is 0 Å². The van der Waals surface area contributed by atoms with Crippen LogP contribution in [0.4, 0.5) is 11.4 Å². The van der Waals surface area contributed by atoms with Crippen LogP contribution in [-0.4, -0.2) is 17.8 Å². The third-order valence-electron chi connectivity index (χ3n) is 5.71. The second-order valence-corrected chi connectivity index (χ2v) is 9.11. The summed E-state index contributed by atoms with van der Waals surface area (Å²) in [5, 5.41) is 5.88. The highest BCUT2D eigenvalue weighted by Crippen LogP contribution is 2.21. The molecule has 0 aromatic heterocycles. The van der Waals surface area contributed by atoms with Crippen LogP contribution in [-0.2, 0) is 25.7 Å². The lowest BCUT2D eigenvalue weighted by molar-refractivity contribution is -0.145. The Kier molecular flexibility index (Phi) is 16.6. The van der Waals surface area contributed by atoms with E-state index in [1.54, 1.807) is 6.07 Å². The Balaban J connectivity index is 2.74. The molecule has 6 nitrogen and oxygen atoms in total. The van der Waals surface area contributed by atoms with Crippen molar-refractivity contribution in [3.05, 3.63) is 23.8 Å². The number of carbonyl (C=O) groups excluding carboxylic acids is 3. The van der Waals surface area contributed by atoms with Crippen molar-refractivity contribution >= 4 is 29.2 Å². The molecule has 0 atom stereocenters. The molecule has 0 heterocycles. The van der Waals surface area contributed by atoms with Crippen molar-refractivity contribution < 1.29 is 19.1 Å². The molecule has 0 saturated carbocycles. The molecule has 1 aromatic carbocycles. The number of unbranched alkanes of at least 4 members (excludes halogenated alkanes) is 9. The number of amides is 2. The maximum Gasteiger partial charge on any atom is 0.306 e. The Labute approximate surface area is 206 Å². The molecule has 2 N–H and O–H groups in total. The van der Waals surface area contributed by atoms with Crippen LogP contribution in [0.2, 0.25) is 0 Å². The Morgan fingerprint density at radius 2 is 1.06 bits per heavy atom. The van der Waals surface area contributed by atoms with E-state index in [0.29, 0.717) is 30.6 Å². The summed E-state index contributed by atoms with van der Waals surface area (Å²) >= 11 is 0. The quantitative estimate of drug-likeness (QED) is 0.160. The van der Waals surface area contributed by atoms with E-state index in [1.165, 1.54) is 0 Å². The van der Waals surface area contributed by atoms with Gasteiger partial charge in [-0.3, -0.25) is 14.4 Å². The Bertz CT molecular complexity index is 689. The van der Waals surface area contributed by atoms with Crippen LogP contribution < -0.4 is 10.6 Å². The van der Waals surface area contributed by atoms with Crippen LogP contribution in [0.5, 0.6) is 0 Å². The summed E-state index contributed by atoms with van der Waals surface area (Å²) in [5.41, 5.74) is 1.96. The molecule has 0 aliphatic carbocycles. The van der Waals surface area contributed by atoms with E-state index in [1.807, 2.05) is 12.1 Å². The van der Waals surface area contributed by atoms with E-state index < -0.39 is 0 Å². The van der Waals surface area contributed by atoms with Crippen molar-refractivity contribution in [2.24, 2.45) is 0 Å². The number of hydrogen-bond acceptors (Lipinski definition) is 4. The predicted molar refractivity (Wildman–Crippen MR) is 140 cm³/mol. The molecule has 0 fully saturated rings. The molecule has 0 bridgehead atoms. The van der Waals surface area contributed by atoms with Crippen molar-refractivity contribution in [1.82, 2.24) is 0 Å². The first-order chi connectivity index (χ1) is 16.5. The van der Waals surface area contributed by atoms with E-state index in [-0.39, 0.29) is 24.4 Å². The second kappa shape index (κ2) is 19.0. The second-order valence-electron chi connectivity index (χ2n) is 9.11. The number of carbonyl (C=O) groups is 3. The molecule has 34 heavy (non-hydrogen) atoms. The smallest absolute Gasteiger partial charge is 0.306 e. The minimum absolute atomic E-state index is 0.0435. The van der Waals surface area contributed by atoms with E-state index in [4.69, 9.17) is 4.74 Å². The van der Waals surface area contributed by atoms with Gasteiger partial charge in [-0.05, 0) is 43.0 Å². The topological polar surface area (TPSA) is 84.5 Å². The number of anilines is 2. The molecule has 2 amide bonds. The Hall–Kier alpha value is -2.37. The molecule has 0 aliphatic heterocycles. The minimum Gasteiger partial charge on any atom is -0.461 e. The number of ether oxygens (including phenoxy) is 1. The van der Waals surface area contributed by atoms with Crippen LogP contribution in [0, 0.1) is 0 Å². The van der Waals surface area contributed by atoms with Crippen molar-refractivity contribution in [3.63, 3.8) is 0 Å². The summed E-state index contributed by atoms with van der Waals surface area (Å²) < 4.78 is 5.45. The lowest BCUT2D eigenvalue weighted by atomic mass is 10.1. The lowest BCUT2D eigenvalue weighted by Gasteiger charge is -2.13. The fourth-order valence-corrected chi connectivity index (χ4v) is 3.72. The standard InChI is InChI=1S/C28H46N2O4/c1-4-7-10-13-16-26(31)29-24-19-23(22-34-28(33)18-15-12-9-6-3)20-25(21-24)30-27(32)17-14-11-8-5-2/h19-21H,4-18,22H2,1-3H3,(H,29,31)(H,30,32). The van der Waals surface area contributed by atoms with Gasteiger partial charge in [0, 0.05) is 30.6 Å². The van der Waals surface area contributed by atoms with E-state index in [9.17, 15) is 14.4 Å². The number of hydrogen-bond donors (Lipinski definition) is 2. The maximum absolute atomic E-state index is 12.4. The number of rotatable bonds is 19. The minimum atomic E-state index is -0.219. The molecule has 192 valence electrons. The zero-order valence-corrected chi connectivity index (χ0v) is 21.7. The number of esters is 1. The maximum atomic E-state index is 12.4. The summed E-state index contributed by atoms with van der Waals surface area (Å²) in [6, 6.07) is 5.39. The molecule has 0 radical (unpaired) electrons. The zero-order valence-electron chi connectivity index (χ0n) is 21.7. The van der Waals surface area contributed by atoms with Crippen LogP contribution in [0.1, 0.15) is 123 Å². The highest BCUT2D eigenvalue weighted by atomic mass is 16.5. The highest BCUT2D eigenvalue weighted by molar-refractivity contribution is 5.94. The molecule has 1 aromatic rings. The van der Waals surface area contributed by atoms with Crippen LogP contribution in [0.15, 0.2) is 18.2 Å². The average Bonchev–Trinajstić information content (AvgIpc) is 2.81. The molecule has 0 unspecified atom stereocenters. The van der Waals surface area contributed by atoms with Crippen LogP contribution >= 0.6 is 0 Å². The van der Waals surface area contributed by atoms with Crippen molar-refractivity contribution in [3.8, 4) is 0 Å². The summed E-state index contributed by atoms with van der Waals surface area (Å²) in [5.74, 6) is -0.306. The van der Waals surface area contributed by atoms with Gasteiger partial charge >= 0.3 is 5.97 Å².